The number of benzene rings is 3. The fourth-order valence-electron chi connectivity index (χ4n) is 4.39. The van der Waals surface area contributed by atoms with Crippen LogP contribution in [0.1, 0.15) is 49.8 Å². The Morgan fingerprint density at radius 1 is 0.872 bits per heavy atom. The maximum absolute atomic E-state index is 14.0. The topological polar surface area (TPSA) is 86.8 Å². The molecule has 0 aliphatic rings. The van der Waals surface area contributed by atoms with Gasteiger partial charge in [-0.1, -0.05) is 86.0 Å². The maximum Gasteiger partial charge on any atom is 0.264 e. The van der Waals surface area contributed by atoms with E-state index in [9.17, 15) is 18.0 Å². The molecule has 0 aliphatic carbocycles. The normalized spacial score (nSPS) is 12.0. The van der Waals surface area contributed by atoms with Crippen LogP contribution in [0.2, 0.25) is 0 Å². The van der Waals surface area contributed by atoms with Crippen molar-refractivity contribution in [1.29, 1.82) is 0 Å². The van der Waals surface area contributed by atoms with Crippen molar-refractivity contribution in [2.45, 2.75) is 64.4 Å². The fraction of sp³-hybridized carbons (Fsp3) is 0.355. The van der Waals surface area contributed by atoms with E-state index in [0.717, 1.165) is 33.8 Å². The van der Waals surface area contributed by atoms with Gasteiger partial charge >= 0.3 is 0 Å². The lowest BCUT2D eigenvalue weighted by atomic mass is 10.1. The van der Waals surface area contributed by atoms with Crippen LogP contribution in [-0.4, -0.2) is 44.3 Å². The van der Waals surface area contributed by atoms with E-state index in [1.54, 1.807) is 30.3 Å². The lowest BCUT2D eigenvalue weighted by molar-refractivity contribution is -0.140. The highest BCUT2D eigenvalue weighted by Crippen LogP contribution is 2.25. The van der Waals surface area contributed by atoms with Gasteiger partial charge in [-0.05, 0) is 56.5 Å². The van der Waals surface area contributed by atoms with Crippen molar-refractivity contribution in [3.8, 4) is 0 Å². The summed E-state index contributed by atoms with van der Waals surface area (Å²) in [6, 6.07) is 22.1. The second kappa shape index (κ2) is 13.9. The number of nitrogens with zero attached hydrogens (tertiary/aromatic N) is 2. The first-order valence-corrected chi connectivity index (χ1v) is 14.9. The SMILES string of the molecule is CCCCNC(=O)[C@H](CC)N(Cc1cccc(C)c1)C(=O)CN(c1ccc(C)cc1)S(=O)(=O)c1ccccc1. The highest BCUT2D eigenvalue weighted by molar-refractivity contribution is 7.92. The zero-order valence-corrected chi connectivity index (χ0v) is 24.1. The van der Waals surface area contributed by atoms with E-state index < -0.39 is 28.5 Å². The highest BCUT2D eigenvalue weighted by Gasteiger charge is 2.33. The summed E-state index contributed by atoms with van der Waals surface area (Å²) in [6.45, 7) is 8.06. The zero-order chi connectivity index (χ0) is 28.4. The van der Waals surface area contributed by atoms with Crippen molar-refractivity contribution in [2.75, 3.05) is 17.4 Å². The molecule has 3 aromatic rings. The van der Waals surface area contributed by atoms with Gasteiger partial charge in [0.1, 0.15) is 12.6 Å². The predicted octanol–water partition coefficient (Wildman–Crippen LogP) is 5.22. The van der Waals surface area contributed by atoms with E-state index in [4.69, 9.17) is 0 Å². The Kier molecular flexibility index (Phi) is 10.7. The molecule has 0 bridgehead atoms. The van der Waals surface area contributed by atoms with E-state index in [2.05, 4.69) is 5.32 Å². The Hall–Kier alpha value is -3.65. The number of carbonyl (C=O) groups excluding carboxylic acids is 2. The van der Waals surface area contributed by atoms with Gasteiger partial charge in [-0.15, -0.1) is 0 Å². The van der Waals surface area contributed by atoms with Crippen molar-refractivity contribution >= 4 is 27.5 Å². The van der Waals surface area contributed by atoms with E-state index in [-0.39, 0.29) is 17.3 Å². The van der Waals surface area contributed by atoms with E-state index in [1.165, 1.54) is 17.0 Å². The number of hydrogen-bond acceptors (Lipinski definition) is 4. The molecule has 8 heteroatoms. The molecule has 1 atom stereocenters. The minimum absolute atomic E-state index is 0.0907. The van der Waals surface area contributed by atoms with Crippen molar-refractivity contribution in [3.05, 3.63) is 95.6 Å². The number of nitrogens with one attached hydrogen (secondary N) is 1. The molecule has 0 spiro atoms. The Balaban J connectivity index is 2.02. The fourth-order valence-corrected chi connectivity index (χ4v) is 5.83. The second-order valence-corrected chi connectivity index (χ2v) is 11.6. The van der Waals surface area contributed by atoms with E-state index >= 15 is 0 Å². The Bertz CT molecular complexity index is 1340. The summed E-state index contributed by atoms with van der Waals surface area (Å²) in [5.41, 5.74) is 3.26. The molecule has 2 amide bonds. The number of aryl methyl sites for hydroxylation is 2. The molecule has 0 saturated heterocycles. The first kappa shape index (κ1) is 29.9. The minimum atomic E-state index is -4.06. The third-order valence-electron chi connectivity index (χ3n) is 6.58. The van der Waals surface area contributed by atoms with Crippen molar-refractivity contribution in [2.24, 2.45) is 0 Å². The molecule has 0 unspecified atom stereocenters. The molecule has 1 N–H and O–H groups in total. The summed E-state index contributed by atoms with van der Waals surface area (Å²) in [5, 5.41) is 2.95. The summed E-state index contributed by atoms with van der Waals surface area (Å²) in [5.74, 6) is -0.686. The van der Waals surface area contributed by atoms with Crippen LogP contribution in [0.4, 0.5) is 5.69 Å². The molecule has 0 fully saturated rings. The predicted molar refractivity (Wildman–Crippen MR) is 156 cm³/mol. The molecular weight excluding hydrogens is 510 g/mol. The van der Waals surface area contributed by atoms with Crippen LogP contribution >= 0.6 is 0 Å². The van der Waals surface area contributed by atoms with Crippen molar-refractivity contribution in [3.63, 3.8) is 0 Å². The highest BCUT2D eigenvalue weighted by atomic mass is 32.2. The van der Waals surface area contributed by atoms with Gasteiger partial charge in [0.05, 0.1) is 10.6 Å². The van der Waals surface area contributed by atoms with Gasteiger partial charge in [-0.2, -0.15) is 0 Å². The molecule has 0 heterocycles. The van der Waals surface area contributed by atoms with Gasteiger partial charge in [-0.25, -0.2) is 8.42 Å². The number of hydrogen-bond donors (Lipinski definition) is 1. The molecule has 39 heavy (non-hydrogen) atoms. The van der Waals surface area contributed by atoms with E-state index in [0.29, 0.717) is 18.7 Å². The number of rotatable bonds is 13. The number of amides is 2. The number of carbonyl (C=O) groups is 2. The Morgan fingerprint density at radius 2 is 1.56 bits per heavy atom. The summed E-state index contributed by atoms with van der Waals surface area (Å²) in [6.07, 6.45) is 2.17. The van der Waals surface area contributed by atoms with Crippen molar-refractivity contribution in [1.82, 2.24) is 10.2 Å². The van der Waals surface area contributed by atoms with Crippen LogP contribution in [0.3, 0.4) is 0 Å². The Labute approximate surface area is 232 Å². The van der Waals surface area contributed by atoms with E-state index in [1.807, 2.05) is 64.1 Å². The molecule has 0 radical (unpaired) electrons. The number of sulfonamides is 1. The van der Waals surface area contributed by atoms with Gasteiger partial charge in [0.15, 0.2) is 0 Å². The number of unbranched alkanes of at least 4 members (excludes halogenated alkanes) is 1. The largest absolute Gasteiger partial charge is 0.354 e. The lowest BCUT2D eigenvalue weighted by Crippen LogP contribution is -2.52. The first-order chi connectivity index (χ1) is 18.7. The average molecular weight is 550 g/mol. The smallest absolute Gasteiger partial charge is 0.264 e. The molecular formula is C31H39N3O4S. The maximum atomic E-state index is 14.0. The van der Waals surface area contributed by atoms with Gasteiger partial charge in [-0.3, -0.25) is 13.9 Å². The molecule has 7 nitrogen and oxygen atoms in total. The monoisotopic (exact) mass is 549 g/mol. The second-order valence-electron chi connectivity index (χ2n) is 9.74. The Morgan fingerprint density at radius 3 is 2.18 bits per heavy atom. The van der Waals surface area contributed by atoms with Crippen LogP contribution < -0.4 is 9.62 Å². The number of anilines is 1. The summed E-state index contributed by atoms with van der Waals surface area (Å²) >= 11 is 0. The molecule has 3 rings (SSSR count). The van der Waals surface area contributed by atoms with Crippen LogP contribution in [0.25, 0.3) is 0 Å². The first-order valence-electron chi connectivity index (χ1n) is 13.4. The molecule has 0 saturated carbocycles. The van der Waals surface area contributed by atoms with Gasteiger partial charge in [0, 0.05) is 13.1 Å². The molecule has 0 aromatic heterocycles. The summed E-state index contributed by atoms with van der Waals surface area (Å²) in [4.78, 5) is 28.9. The summed E-state index contributed by atoms with van der Waals surface area (Å²) in [7, 11) is -4.06. The van der Waals surface area contributed by atoms with Gasteiger partial charge in [0.2, 0.25) is 11.8 Å². The molecule has 208 valence electrons. The van der Waals surface area contributed by atoms with Gasteiger partial charge in [0.25, 0.3) is 10.0 Å². The average Bonchev–Trinajstić information content (AvgIpc) is 2.92. The van der Waals surface area contributed by atoms with Crippen LogP contribution in [-0.2, 0) is 26.2 Å². The van der Waals surface area contributed by atoms with Crippen LogP contribution in [0, 0.1) is 13.8 Å². The zero-order valence-electron chi connectivity index (χ0n) is 23.3. The minimum Gasteiger partial charge on any atom is -0.354 e. The standard InChI is InChI=1S/C31H39N3O4S/c1-5-7-20-32-31(36)29(6-2)33(22-26-13-11-12-25(4)21-26)30(35)23-34(27-18-16-24(3)17-19-27)39(37,38)28-14-9-8-10-15-28/h8-19,21,29H,5-7,20,22-23H2,1-4H3,(H,32,36)/t29-/m0/s1. The van der Waals surface area contributed by atoms with Crippen LogP contribution in [0.15, 0.2) is 83.8 Å². The quantitative estimate of drug-likeness (QED) is 0.296. The molecule has 3 aromatic carbocycles. The lowest BCUT2D eigenvalue weighted by Gasteiger charge is -2.33. The van der Waals surface area contributed by atoms with Crippen molar-refractivity contribution < 1.29 is 18.0 Å². The van der Waals surface area contributed by atoms with Crippen LogP contribution in [0.5, 0.6) is 0 Å². The van der Waals surface area contributed by atoms with Gasteiger partial charge < -0.3 is 10.2 Å². The third-order valence-corrected chi connectivity index (χ3v) is 8.37. The summed E-state index contributed by atoms with van der Waals surface area (Å²) < 4.78 is 28.7. The molecule has 0 aliphatic heterocycles. The third kappa shape index (κ3) is 7.93.